The topological polar surface area (TPSA) is 108 Å². The number of methoxy groups -OCH3 is 1. The lowest BCUT2D eigenvalue weighted by molar-refractivity contribution is -0.384. The largest absolute Gasteiger partial charge is 0.466 e. The van der Waals surface area contributed by atoms with Crippen molar-refractivity contribution in [2.24, 2.45) is 0 Å². The Hall–Kier alpha value is -3.16. The van der Waals surface area contributed by atoms with Gasteiger partial charge in [0, 0.05) is 17.7 Å². The van der Waals surface area contributed by atoms with Gasteiger partial charge in [0.15, 0.2) is 0 Å². The Balaban J connectivity index is 2.30. The number of nitro benzene ring substituents is 1. The van der Waals surface area contributed by atoms with Gasteiger partial charge in [-0.25, -0.2) is 4.79 Å². The van der Waals surface area contributed by atoms with E-state index in [1.165, 1.54) is 25.3 Å². The number of nitrogens with one attached hydrogen (secondary N) is 1. The first-order valence-corrected chi connectivity index (χ1v) is 7.57. The van der Waals surface area contributed by atoms with Crippen LogP contribution in [0.2, 0.25) is 0 Å². The zero-order valence-electron chi connectivity index (χ0n) is 14.4. The molecule has 0 aliphatic heterocycles. The number of esters is 1. The second kappa shape index (κ2) is 7.61. The molecule has 2 rings (SSSR count). The van der Waals surface area contributed by atoms with E-state index in [2.05, 4.69) is 15.2 Å². The third-order valence-electron chi connectivity index (χ3n) is 3.73. The maximum absolute atomic E-state index is 11.4. The lowest BCUT2D eigenvalue weighted by Crippen LogP contribution is -2.10. The zero-order chi connectivity index (χ0) is 18.6. The molecule has 2 aromatic rings. The first kappa shape index (κ1) is 18.2. The van der Waals surface area contributed by atoms with Crippen molar-refractivity contribution in [1.29, 1.82) is 0 Å². The SMILES string of the molecule is COC(=O)/C=C/c1ccc(NC(C)c2c(C)noc2C)c([N+](=O)[O-])c1. The number of rotatable bonds is 6. The van der Waals surface area contributed by atoms with E-state index in [4.69, 9.17) is 4.52 Å². The summed E-state index contributed by atoms with van der Waals surface area (Å²) in [5.74, 6) is 0.134. The first-order chi connectivity index (χ1) is 11.8. The number of carbonyl (C=O) groups is 1. The van der Waals surface area contributed by atoms with E-state index in [0.29, 0.717) is 17.0 Å². The zero-order valence-corrected chi connectivity index (χ0v) is 14.4. The molecular weight excluding hydrogens is 326 g/mol. The van der Waals surface area contributed by atoms with Crippen LogP contribution in [0.15, 0.2) is 28.8 Å². The lowest BCUT2D eigenvalue weighted by Gasteiger charge is -2.15. The molecule has 25 heavy (non-hydrogen) atoms. The molecule has 1 aromatic carbocycles. The standard InChI is InChI=1S/C17H19N3O5/c1-10(17-11(2)19-25-12(17)3)18-14-7-5-13(6-8-16(21)24-4)9-15(14)20(22)23/h5-10,18H,1-4H3/b8-6+. The fourth-order valence-corrected chi connectivity index (χ4v) is 2.57. The highest BCUT2D eigenvalue weighted by Crippen LogP contribution is 2.31. The molecule has 1 atom stereocenters. The van der Waals surface area contributed by atoms with Gasteiger partial charge < -0.3 is 14.6 Å². The van der Waals surface area contributed by atoms with Crippen LogP contribution < -0.4 is 5.32 Å². The summed E-state index contributed by atoms with van der Waals surface area (Å²) in [4.78, 5) is 22.1. The van der Waals surface area contributed by atoms with Crippen molar-refractivity contribution in [2.45, 2.75) is 26.8 Å². The Bertz CT molecular complexity index is 806. The normalized spacial score (nSPS) is 12.2. The molecule has 132 valence electrons. The molecule has 0 spiro atoms. The average molecular weight is 345 g/mol. The lowest BCUT2D eigenvalue weighted by atomic mass is 10.1. The van der Waals surface area contributed by atoms with Gasteiger partial charge in [-0.1, -0.05) is 11.2 Å². The van der Waals surface area contributed by atoms with Crippen LogP contribution in [-0.2, 0) is 9.53 Å². The molecule has 1 aromatic heterocycles. The Labute approximate surface area is 144 Å². The molecule has 0 aliphatic carbocycles. The molecule has 8 heteroatoms. The van der Waals surface area contributed by atoms with E-state index in [1.54, 1.807) is 19.1 Å². The smallest absolute Gasteiger partial charge is 0.330 e. The summed E-state index contributed by atoms with van der Waals surface area (Å²) in [6.45, 7) is 5.49. The number of nitro groups is 1. The minimum atomic E-state index is -0.531. The Morgan fingerprint density at radius 2 is 2.16 bits per heavy atom. The predicted molar refractivity (Wildman–Crippen MR) is 92.2 cm³/mol. The van der Waals surface area contributed by atoms with Gasteiger partial charge >= 0.3 is 5.97 Å². The van der Waals surface area contributed by atoms with Crippen LogP contribution in [0.4, 0.5) is 11.4 Å². The van der Waals surface area contributed by atoms with E-state index in [1.807, 2.05) is 13.8 Å². The maximum Gasteiger partial charge on any atom is 0.330 e. The number of carbonyl (C=O) groups excluding carboxylic acids is 1. The third-order valence-corrected chi connectivity index (χ3v) is 3.73. The summed E-state index contributed by atoms with van der Waals surface area (Å²) < 4.78 is 9.64. The number of aromatic nitrogens is 1. The average Bonchev–Trinajstić information content (AvgIpc) is 2.91. The molecule has 0 saturated heterocycles. The van der Waals surface area contributed by atoms with Crippen LogP contribution >= 0.6 is 0 Å². The van der Waals surface area contributed by atoms with E-state index >= 15 is 0 Å². The van der Waals surface area contributed by atoms with E-state index in [9.17, 15) is 14.9 Å². The Morgan fingerprint density at radius 1 is 1.44 bits per heavy atom. The minimum Gasteiger partial charge on any atom is -0.466 e. The molecule has 8 nitrogen and oxygen atoms in total. The van der Waals surface area contributed by atoms with Crippen molar-refractivity contribution in [3.8, 4) is 0 Å². The second-order valence-corrected chi connectivity index (χ2v) is 5.49. The number of hydrogen-bond acceptors (Lipinski definition) is 7. The summed E-state index contributed by atoms with van der Waals surface area (Å²) in [7, 11) is 1.26. The van der Waals surface area contributed by atoms with Gasteiger partial charge in [-0.15, -0.1) is 0 Å². The van der Waals surface area contributed by atoms with Gasteiger partial charge in [-0.05, 0) is 38.5 Å². The summed E-state index contributed by atoms with van der Waals surface area (Å²) in [6, 6.07) is 4.45. The van der Waals surface area contributed by atoms with Gasteiger partial charge in [0.05, 0.1) is 23.8 Å². The van der Waals surface area contributed by atoms with Gasteiger partial charge in [0.25, 0.3) is 5.69 Å². The van der Waals surface area contributed by atoms with Gasteiger partial charge in [0.1, 0.15) is 11.4 Å². The Kier molecular flexibility index (Phi) is 5.53. The summed E-state index contributed by atoms with van der Waals surface area (Å²) >= 11 is 0. The molecular formula is C17H19N3O5. The molecule has 0 saturated carbocycles. The Morgan fingerprint density at radius 3 is 2.72 bits per heavy atom. The van der Waals surface area contributed by atoms with Gasteiger partial charge in [-0.2, -0.15) is 0 Å². The van der Waals surface area contributed by atoms with Crippen molar-refractivity contribution in [2.75, 3.05) is 12.4 Å². The van der Waals surface area contributed by atoms with Crippen LogP contribution in [-0.4, -0.2) is 23.2 Å². The quantitative estimate of drug-likeness (QED) is 0.369. The summed E-state index contributed by atoms with van der Waals surface area (Å²) in [5, 5.41) is 18.4. The molecule has 0 aliphatic rings. The van der Waals surface area contributed by atoms with Crippen LogP contribution in [0.25, 0.3) is 6.08 Å². The third kappa shape index (κ3) is 4.23. The molecule has 0 fully saturated rings. The van der Waals surface area contributed by atoms with Gasteiger partial charge in [-0.3, -0.25) is 10.1 Å². The fraction of sp³-hybridized carbons (Fsp3) is 0.294. The number of nitrogens with zero attached hydrogens (tertiary/aromatic N) is 2. The molecule has 0 bridgehead atoms. The molecule has 0 amide bonds. The first-order valence-electron chi connectivity index (χ1n) is 7.57. The second-order valence-electron chi connectivity index (χ2n) is 5.49. The molecule has 1 N–H and O–H groups in total. The maximum atomic E-state index is 11.4. The van der Waals surface area contributed by atoms with Crippen molar-refractivity contribution in [1.82, 2.24) is 5.16 Å². The highest BCUT2D eigenvalue weighted by Gasteiger charge is 2.20. The van der Waals surface area contributed by atoms with Crippen molar-refractivity contribution < 1.29 is 19.0 Å². The fourth-order valence-electron chi connectivity index (χ4n) is 2.57. The van der Waals surface area contributed by atoms with Gasteiger partial charge in [0.2, 0.25) is 0 Å². The van der Waals surface area contributed by atoms with E-state index in [-0.39, 0.29) is 11.7 Å². The van der Waals surface area contributed by atoms with E-state index in [0.717, 1.165) is 11.3 Å². The molecule has 0 radical (unpaired) electrons. The number of benzene rings is 1. The predicted octanol–water partition coefficient (Wildman–Crippen LogP) is 3.56. The van der Waals surface area contributed by atoms with Crippen LogP contribution in [0, 0.1) is 24.0 Å². The van der Waals surface area contributed by atoms with E-state index < -0.39 is 10.9 Å². The van der Waals surface area contributed by atoms with Crippen molar-refractivity contribution in [3.63, 3.8) is 0 Å². The number of aryl methyl sites for hydroxylation is 2. The highest BCUT2D eigenvalue weighted by atomic mass is 16.6. The summed E-state index contributed by atoms with van der Waals surface area (Å²) in [6.07, 6.45) is 2.67. The van der Waals surface area contributed by atoms with Crippen LogP contribution in [0.1, 0.15) is 35.5 Å². The molecule has 1 unspecified atom stereocenters. The van der Waals surface area contributed by atoms with Crippen LogP contribution in [0.5, 0.6) is 0 Å². The monoisotopic (exact) mass is 345 g/mol. The van der Waals surface area contributed by atoms with Crippen molar-refractivity contribution in [3.05, 3.63) is 57.0 Å². The van der Waals surface area contributed by atoms with Crippen molar-refractivity contribution >= 4 is 23.4 Å². The minimum absolute atomic E-state index is 0.0920. The number of ether oxygens (including phenoxy) is 1. The molecule has 1 heterocycles. The summed E-state index contributed by atoms with van der Waals surface area (Å²) in [5.41, 5.74) is 2.40. The van der Waals surface area contributed by atoms with Crippen LogP contribution in [0.3, 0.4) is 0 Å². The number of anilines is 1. The highest BCUT2D eigenvalue weighted by molar-refractivity contribution is 5.87. The number of hydrogen-bond donors (Lipinski definition) is 1.